The van der Waals surface area contributed by atoms with Gasteiger partial charge in [-0.15, -0.1) is 0 Å². The number of pyridine rings is 1. The Morgan fingerprint density at radius 3 is 2.57 bits per heavy atom. The van der Waals surface area contributed by atoms with Crippen LogP contribution in [0.5, 0.6) is 6.01 Å². The summed E-state index contributed by atoms with van der Waals surface area (Å²) < 4.78 is 18.4. The van der Waals surface area contributed by atoms with Crippen LogP contribution < -0.4 is 9.64 Å². The van der Waals surface area contributed by atoms with Crippen molar-refractivity contribution < 1.29 is 9.13 Å². The van der Waals surface area contributed by atoms with Gasteiger partial charge in [-0.1, -0.05) is 11.6 Å². The van der Waals surface area contributed by atoms with Crippen LogP contribution in [0.2, 0.25) is 5.02 Å². The van der Waals surface area contributed by atoms with Crippen LogP contribution in [0, 0.1) is 5.82 Å². The van der Waals surface area contributed by atoms with Gasteiger partial charge < -0.3 is 9.64 Å². The number of ether oxygens (including phenoxy) is 1. The second-order valence-corrected chi connectivity index (χ2v) is 5.20. The number of piperidine rings is 1. The molecule has 1 aliphatic heterocycles. The number of nitrogens with zero attached hydrogens (tertiary/aromatic N) is 4. The first-order chi connectivity index (χ1) is 10.2. The second-order valence-electron chi connectivity index (χ2n) is 4.80. The molecule has 0 bridgehead atoms. The maximum Gasteiger partial charge on any atom is 0.316 e. The van der Waals surface area contributed by atoms with E-state index in [0.29, 0.717) is 5.02 Å². The molecule has 0 aliphatic carbocycles. The molecule has 5 nitrogen and oxygen atoms in total. The molecule has 0 amide bonds. The molecule has 1 saturated heterocycles. The Morgan fingerprint density at radius 2 is 1.90 bits per heavy atom. The Balaban J connectivity index is 1.58. The van der Waals surface area contributed by atoms with Gasteiger partial charge in [0.2, 0.25) is 0 Å². The summed E-state index contributed by atoms with van der Waals surface area (Å²) in [6.07, 6.45) is 5.59. The van der Waals surface area contributed by atoms with Gasteiger partial charge in [-0.2, -0.15) is 0 Å². The monoisotopic (exact) mass is 308 g/mol. The Bertz CT molecular complexity index is 602. The minimum absolute atomic E-state index is 0.0224. The minimum Gasteiger partial charge on any atom is -0.460 e. The number of aromatic nitrogens is 3. The van der Waals surface area contributed by atoms with E-state index in [-0.39, 0.29) is 12.1 Å². The molecule has 0 radical (unpaired) electrons. The number of rotatable bonds is 3. The Labute approximate surface area is 126 Å². The third-order valence-electron chi connectivity index (χ3n) is 3.35. The second kappa shape index (κ2) is 6.22. The maximum atomic E-state index is 12.7. The van der Waals surface area contributed by atoms with E-state index in [1.54, 1.807) is 6.20 Å². The molecular formula is C14H14ClFN4O. The van der Waals surface area contributed by atoms with Crippen LogP contribution in [-0.2, 0) is 0 Å². The highest BCUT2D eigenvalue weighted by atomic mass is 35.5. The minimum atomic E-state index is -0.470. The van der Waals surface area contributed by atoms with Crippen molar-refractivity contribution in [3.8, 4) is 6.01 Å². The molecule has 2 aromatic rings. The van der Waals surface area contributed by atoms with Gasteiger partial charge >= 0.3 is 6.01 Å². The van der Waals surface area contributed by atoms with E-state index in [2.05, 4.69) is 19.9 Å². The predicted molar refractivity (Wildman–Crippen MR) is 77.1 cm³/mol. The van der Waals surface area contributed by atoms with E-state index >= 15 is 0 Å². The van der Waals surface area contributed by atoms with Crippen LogP contribution in [0.4, 0.5) is 10.2 Å². The average Bonchev–Trinajstić information content (AvgIpc) is 2.51. The first kappa shape index (κ1) is 14.0. The fourth-order valence-electron chi connectivity index (χ4n) is 2.31. The molecule has 0 aromatic carbocycles. The molecule has 110 valence electrons. The molecule has 7 heteroatoms. The molecule has 21 heavy (non-hydrogen) atoms. The molecule has 1 aliphatic rings. The summed E-state index contributed by atoms with van der Waals surface area (Å²) in [5, 5.41) is 0.652. The summed E-state index contributed by atoms with van der Waals surface area (Å²) in [4.78, 5) is 14.1. The Hall–Kier alpha value is -1.95. The van der Waals surface area contributed by atoms with Crippen LogP contribution in [0.1, 0.15) is 12.8 Å². The zero-order valence-corrected chi connectivity index (χ0v) is 12.0. The van der Waals surface area contributed by atoms with Gasteiger partial charge in [0.15, 0.2) is 5.82 Å². The normalized spacial score (nSPS) is 16.0. The number of hydrogen-bond donors (Lipinski definition) is 0. The summed E-state index contributed by atoms with van der Waals surface area (Å²) >= 11 is 6.15. The van der Waals surface area contributed by atoms with Crippen LogP contribution in [0.25, 0.3) is 0 Å². The van der Waals surface area contributed by atoms with E-state index in [9.17, 15) is 4.39 Å². The van der Waals surface area contributed by atoms with Crippen molar-refractivity contribution in [1.82, 2.24) is 15.0 Å². The third kappa shape index (κ3) is 3.39. The zero-order valence-electron chi connectivity index (χ0n) is 11.2. The summed E-state index contributed by atoms with van der Waals surface area (Å²) in [6.45, 7) is 1.59. The third-order valence-corrected chi connectivity index (χ3v) is 3.64. The lowest BCUT2D eigenvalue weighted by atomic mass is 10.1. The highest BCUT2D eigenvalue weighted by Gasteiger charge is 2.23. The van der Waals surface area contributed by atoms with E-state index in [4.69, 9.17) is 16.3 Å². The SMILES string of the molecule is Fc1cnc(OC2CCN(c3ncccc3Cl)CC2)nc1. The highest BCUT2D eigenvalue weighted by molar-refractivity contribution is 6.32. The van der Waals surface area contributed by atoms with Gasteiger partial charge in [-0.25, -0.2) is 19.3 Å². The highest BCUT2D eigenvalue weighted by Crippen LogP contribution is 2.26. The number of halogens is 2. The summed E-state index contributed by atoms with van der Waals surface area (Å²) in [7, 11) is 0. The van der Waals surface area contributed by atoms with Gasteiger partial charge in [0.25, 0.3) is 0 Å². The molecule has 0 N–H and O–H groups in total. The van der Waals surface area contributed by atoms with Gasteiger partial charge in [0.1, 0.15) is 11.9 Å². The molecule has 3 heterocycles. The first-order valence-electron chi connectivity index (χ1n) is 6.72. The fourth-order valence-corrected chi connectivity index (χ4v) is 2.55. The predicted octanol–water partition coefficient (Wildman–Crippen LogP) is 2.71. The van der Waals surface area contributed by atoms with Crippen molar-refractivity contribution in [3.63, 3.8) is 0 Å². The average molecular weight is 309 g/mol. The van der Waals surface area contributed by atoms with Gasteiger partial charge in [0.05, 0.1) is 17.4 Å². The van der Waals surface area contributed by atoms with Crippen LogP contribution in [-0.4, -0.2) is 34.1 Å². The number of hydrogen-bond acceptors (Lipinski definition) is 5. The van der Waals surface area contributed by atoms with E-state index in [1.165, 1.54) is 0 Å². The summed E-state index contributed by atoms with van der Waals surface area (Å²) in [5.74, 6) is 0.331. The van der Waals surface area contributed by atoms with Crippen molar-refractivity contribution in [3.05, 3.63) is 41.6 Å². The summed E-state index contributed by atoms with van der Waals surface area (Å²) in [5.41, 5.74) is 0. The van der Waals surface area contributed by atoms with Crippen molar-refractivity contribution in [1.29, 1.82) is 0 Å². The molecule has 0 atom stereocenters. The molecule has 3 rings (SSSR count). The topological polar surface area (TPSA) is 51.1 Å². The molecule has 0 spiro atoms. The molecule has 2 aromatic heterocycles. The maximum absolute atomic E-state index is 12.7. The quantitative estimate of drug-likeness (QED) is 0.872. The zero-order chi connectivity index (χ0) is 14.7. The van der Waals surface area contributed by atoms with Crippen LogP contribution in [0.3, 0.4) is 0 Å². The van der Waals surface area contributed by atoms with Gasteiger partial charge in [0, 0.05) is 32.1 Å². The summed E-state index contributed by atoms with van der Waals surface area (Å²) in [6, 6.07) is 3.86. The molecule has 1 fully saturated rings. The standard InChI is InChI=1S/C14H14ClFN4O/c15-12-2-1-5-17-13(12)20-6-3-11(4-7-20)21-14-18-8-10(16)9-19-14/h1-2,5,8-9,11H,3-4,6-7H2. The van der Waals surface area contributed by atoms with Crippen LogP contribution >= 0.6 is 11.6 Å². The smallest absolute Gasteiger partial charge is 0.316 e. The van der Waals surface area contributed by atoms with Gasteiger partial charge in [-0.05, 0) is 12.1 Å². The van der Waals surface area contributed by atoms with Crippen molar-refractivity contribution in [2.24, 2.45) is 0 Å². The first-order valence-corrected chi connectivity index (χ1v) is 7.10. The lowest BCUT2D eigenvalue weighted by Crippen LogP contribution is -2.39. The largest absolute Gasteiger partial charge is 0.460 e. The Kier molecular flexibility index (Phi) is 4.15. The van der Waals surface area contributed by atoms with Gasteiger partial charge in [-0.3, -0.25) is 0 Å². The van der Waals surface area contributed by atoms with E-state index in [1.807, 2.05) is 12.1 Å². The van der Waals surface area contributed by atoms with E-state index < -0.39 is 5.82 Å². The number of anilines is 1. The fraction of sp³-hybridized carbons (Fsp3) is 0.357. The Morgan fingerprint density at radius 1 is 1.19 bits per heavy atom. The van der Waals surface area contributed by atoms with Crippen LogP contribution in [0.15, 0.2) is 30.7 Å². The lowest BCUT2D eigenvalue weighted by molar-refractivity contribution is 0.155. The van der Waals surface area contributed by atoms with Crippen molar-refractivity contribution in [2.45, 2.75) is 18.9 Å². The van der Waals surface area contributed by atoms with Crippen molar-refractivity contribution in [2.75, 3.05) is 18.0 Å². The molecular weight excluding hydrogens is 295 g/mol. The molecule has 0 saturated carbocycles. The van der Waals surface area contributed by atoms with Crippen molar-refractivity contribution >= 4 is 17.4 Å². The molecule has 0 unspecified atom stereocenters. The lowest BCUT2D eigenvalue weighted by Gasteiger charge is -2.32. The van der Waals surface area contributed by atoms with E-state index in [0.717, 1.165) is 44.1 Å².